The molecule has 1 aliphatic rings. The molecule has 2 aromatic rings. The van der Waals surface area contributed by atoms with Gasteiger partial charge in [0.25, 0.3) is 0 Å². The first-order valence-electron chi connectivity index (χ1n) is 6.64. The molecule has 0 aromatic heterocycles. The Morgan fingerprint density at radius 2 is 1.79 bits per heavy atom. The summed E-state index contributed by atoms with van der Waals surface area (Å²) in [4.78, 5) is 0. The molecule has 1 saturated heterocycles. The lowest BCUT2D eigenvalue weighted by molar-refractivity contribution is 0.0905. The van der Waals surface area contributed by atoms with Gasteiger partial charge in [-0.05, 0) is 25.0 Å². The number of fused-ring (bicyclic) bond motifs is 1. The number of hydrogen-bond acceptors (Lipinski definition) is 3. The summed E-state index contributed by atoms with van der Waals surface area (Å²) in [6.07, 6.45) is 2.07. The maximum atomic E-state index is 9.16. The molecule has 0 amide bonds. The fourth-order valence-electron chi connectivity index (χ4n) is 2.58. The maximum Gasteiger partial charge on any atom is 0.0998 e. The van der Waals surface area contributed by atoms with E-state index in [1.807, 2.05) is 30.3 Å². The lowest BCUT2D eigenvalue weighted by atomic mass is 10.0. The van der Waals surface area contributed by atoms with Gasteiger partial charge in [0.15, 0.2) is 0 Å². The van der Waals surface area contributed by atoms with Crippen molar-refractivity contribution in [3.8, 4) is 6.07 Å². The van der Waals surface area contributed by atoms with Crippen LogP contribution in [0.4, 0.5) is 5.69 Å². The number of hydrogen-bond donors (Lipinski definition) is 1. The zero-order valence-corrected chi connectivity index (χ0v) is 10.7. The Morgan fingerprint density at radius 1 is 1.05 bits per heavy atom. The minimum Gasteiger partial charge on any atom is -0.382 e. The van der Waals surface area contributed by atoms with Crippen LogP contribution in [0.5, 0.6) is 0 Å². The zero-order valence-electron chi connectivity index (χ0n) is 10.7. The minimum absolute atomic E-state index is 0.463. The highest BCUT2D eigenvalue weighted by Gasteiger charge is 2.14. The molecule has 1 heterocycles. The summed E-state index contributed by atoms with van der Waals surface area (Å²) < 4.78 is 5.38. The minimum atomic E-state index is 0.463. The second-order valence-corrected chi connectivity index (χ2v) is 4.85. The molecule has 0 bridgehead atoms. The lowest BCUT2D eigenvalue weighted by Crippen LogP contribution is -2.27. The van der Waals surface area contributed by atoms with Crippen LogP contribution in [0, 0.1) is 11.3 Å². The normalized spacial score (nSPS) is 16.2. The Morgan fingerprint density at radius 3 is 2.53 bits per heavy atom. The van der Waals surface area contributed by atoms with Crippen LogP contribution < -0.4 is 5.32 Å². The third-order valence-electron chi connectivity index (χ3n) is 3.63. The molecule has 3 nitrogen and oxygen atoms in total. The van der Waals surface area contributed by atoms with E-state index in [0.717, 1.165) is 48.1 Å². The van der Waals surface area contributed by atoms with Gasteiger partial charge in [-0.3, -0.25) is 0 Å². The first-order valence-corrected chi connectivity index (χ1v) is 6.64. The molecule has 1 fully saturated rings. The molecule has 0 spiro atoms. The smallest absolute Gasteiger partial charge is 0.0998 e. The van der Waals surface area contributed by atoms with Crippen LogP contribution in [-0.4, -0.2) is 19.3 Å². The average molecular weight is 252 g/mol. The van der Waals surface area contributed by atoms with Gasteiger partial charge in [-0.25, -0.2) is 0 Å². The van der Waals surface area contributed by atoms with Gasteiger partial charge in [0, 0.05) is 35.7 Å². The van der Waals surface area contributed by atoms with Gasteiger partial charge in [0.1, 0.15) is 0 Å². The molecule has 0 radical (unpaired) electrons. The van der Waals surface area contributed by atoms with Crippen LogP contribution in [0.1, 0.15) is 18.4 Å². The van der Waals surface area contributed by atoms with Gasteiger partial charge in [0.05, 0.1) is 11.6 Å². The second kappa shape index (κ2) is 5.29. The Labute approximate surface area is 112 Å². The van der Waals surface area contributed by atoms with Gasteiger partial charge in [-0.15, -0.1) is 0 Å². The van der Waals surface area contributed by atoms with Crippen LogP contribution in [0.15, 0.2) is 36.4 Å². The molecule has 1 aliphatic heterocycles. The number of ether oxygens (including phenoxy) is 1. The second-order valence-electron chi connectivity index (χ2n) is 4.85. The van der Waals surface area contributed by atoms with Crippen molar-refractivity contribution < 1.29 is 4.74 Å². The Hall–Kier alpha value is -2.05. The van der Waals surface area contributed by atoms with Crippen molar-refractivity contribution in [3.63, 3.8) is 0 Å². The van der Waals surface area contributed by atoms with Crippen molar-refractivity contribution in [1.29, 1.82) is 5.26 Å². The highest BCUT2D eigenvalue weighted by atomic mass is 16.5. The molecule has 0 aliphatic carbocycles. The SMILES string of the molecule is N#Cc1ccc(NC2CCOCC2)c2ccccc12. The first kappa shape index (κ1) is 12.0. The van der Waals surface area contributed by atoms with Crippen LogP contribution in [0.25, 0.3) is 10.8 Å². The molecule has 19 heavy (non-hydrogen) atoms. The predicted molar refractivity (Wildman–Crippen MR) is 76.1 cm³/mol. The Kier molecular flexibility index (Phi) is 3.35. The van der Waals surface area contributed by atoms with Crippen molar-refractivity contribution in [2.24, 2.45) is 0 Å². The molecule has 96 valence electrons. The van der Waals surface area contributed by atoms with E-state index in [9.17, 15) is 0 Å². The fourth-order valence-corrected chi connectivity index (χ4v) is 2.58. The van der Waals surface area contributed by atoms with Crippen molar-refractivity contribution in [1.82, 2.24) is 0 Å². The van der Waals surface area contributed by atoms with E-state index in [1.165, 1.54) is 0 Å². The van der Waals surface area contributed by atoms with E-state index in [4.69, 9.17) is 10.00 Å². The summed E-state index contributed by atoms with van der Waals surface area (Å²) in [6.45, 7) is 1.65. The highest BCUT2D eigenvalue weighted by molar-refractivity contribution is 5.97. The van der Waals surface area contributed by atoms with Crippen LogP contribution in [-0.2, 0) is 4.74 Å². The van der Waals surface area contributed by atoms with Crippen LogP contribution in [0.3, 0.4) is 0 Å². The van der Waals surface area contributed by atoms with Crippen molar-refractivity contribution >= 4 is 16.5 Å². The summed E-state index contributed by atoms with van der Waals surface area (Å²) in [7, 11) is 0. The largest absolute Gasteiger partial charge is 0.382 e. The fraction of sp³-hybridized carbons (Fsp3) is 0.312. The van der Waals surface area contributed by atoms with Crippen LogP contribution in [0.2, 0.25) is 0 Å². The zero-order chi connectivity index (χ0) is 13.1. The molecular formula is C16H16N2O. The molecule has 2 aromatic carbocycles. The van der Waals surface area contributed by atoms with Crippen molar-refractivity contribution in [3.05, 3.63) is 42.0 Å². The van der Waals surface area contributed by atoms with E-state index in [0.29, 0.717) is 6.04 Å². The predicted octanol–water partition coefficient (Wildman–Crippen LogP) is 3.30. The van der Waals surface area contributed by atoms with Gasteiger partial charge in [-0.2, -0.15) is 5.26 Å². The molecule has 0 unspecified atom stereocenters. The quantitative estimate of drug-likeness (QED) is 0.892. The lowest BCUT2D eigenvalue weighted by Gasteiger charge is -2.25. The van der Waals surface area contributed by atoms with E-state index < -0.39 is 0 Å². The number of nitriles is 1. The number of nitrogens with zero attached hydrogens (tertiary/aromatic N) is 1. The van der Waals surface area contributed by atoms with Crippen molar-refractivity contribution in [2.75, 3.05) is 18.5 Å². The molecule has 3 heteroatoms. The third-order valence-corrected chi connectivity index (χ3v) is 3.63. The summed E-state index contributed by atoms with van der Waals surface area (Å²) in [5, 5.41) is 14.9. The topological polar surface area (TPSA) is 45.0 Å². The van der Waals surface area contributed by atoms with Gasteiger partial charge >= 0.3 is 0 Å². The average Bonchev–Trinajstić information content (AvgIpc) is 2.49. The van der Waals surface area contributed by atoms with E-state index in [-0.39, 0.29) is 0 Å². The standard InChI is InChI=1S/C16H16N2O/c17-11-12-5-6-16(15-4-2-1-3-14(12)15)18-13-7-9-19-10-8-13/h1-6,13,18H,7-10H2. The Balaban J connectivity index is 1.97. The maximum absolute atomic E-state index is 9.16. The molecular weight excluding hydrogens is 236 g/mol. The van der Waals surface area contributed by atoms with Gasteiger partial charge in [-0.1, -0.05) is 24.3 Å². The molecule has 0 saturated carbocycles. The number of benzene rings is 2. The van der Waals surface area contributed by atoms with E-state index in [1.54, 1.807) is 0 Å². The van der Waals surface area contributed by atoms with Crippen molar-refractivity contribution in [2.45, 2.75) is 18.9 Å². The van der Waals surface area contributed by atoms with Gasteiger partial charge in [0.2, 0.25) is 0 Å². The van der Waals surface area contributed by atoms with Gasteiger partial charge < -0.3 is 10.1 Å². The first-order chi connectivity index (χ1) is 9.38. The number of nitrogens with one attached hydrogen (secondary N) is 1. The summed E-state index contributed by atoms with van der Waals surface area (Å²) in [5.41, 5.74) is 1.84. The van der Waals surface area contributed by atoms with E-state index in [2.05, 4.69) is 17.5 Å². The monoisotopic (exact) mass is 252 g/mol. The van der Waals surface area contributed by atoms with Crippen LogP contribution >= 0.6 is 0 Å². The third kappa shape index (κ3) is 2.40. The highest BCUT2D eigenvalue weighted by Crippen LogP contribution is 2.27. The summed E-state index contributed by atoms with van der Waals surface area (Å²) in [6, 6.07) is 14.7. The molecule has 0 atom stereocenters. The van der Waals surface area contributed by atoms with E-state index >= 15 is 0 Å². The summed E-state index contributed by atoms with van der Waals surface area (Å²) >= 11 is 0. The number of anilines is 1. The Bertz CT molecular complexity index is 624. The number of rotatable bonds is 2. The molecule has 3 rings (SSSR count). The summed E-state index contributed by atoms with van der Waals surface area (Å²) in [5.74, 6) is 0. The molecule has 1 N–H and O–H groups in total.